The summed E-state index contributed by atoms with van der Waals surface area (Å²) < 4.78 is 7.11. The van der Waals surface area contributed by atoms with Crippen LogP contribution in [0.3, 0.4) is 0 Å². The normalized spacial score (nSPS) is 20.4. The second kappa shape index (κ2) is 5.72. The van der Waals surface area contributed by atoms with Gasteiger partial charge in [0.1, 0.15) is 0 Å². The molecule has 7 heteroatoms. The van der Waals surface area contributed by atoms with Crippen LogP contribution in [0.2, 0.25) is 0 Å². The summed E-state index contributed by atoms with van der Waals surface area (Å²) in [5.74, 6) is 1.21. The first kappa shape index (κ1) is 13.3. The van der Waals surface area contributed by atoms with Gasteiger partial charge in [0.2, 0.25) is 5.89 Å². The van der Waals surface area contributed by atoms with E-state index in [2.05, 4.69) is 37.9 Å². The van der Waals surface area contributed by atoms with Gasteiger partial charge in [-0.25, -0.2) is 0 Å². The summed E-state index contributed by atoms with van der Waals surface area (Å²) in [6, 6.07) is 0.429. The molecule has 0 amide bonds. The van der Waals surface area contributed by atoms with Crippen LogP contribution in [0, 0.1) is 6.92 Å². The molecule has 1 atom stereocenters. The predicted octanol–water partition coefficient (Wildman–Crippen LogP) is 0.870. The first-order chi connectivity index (χ1) is 9.74. The molecule has 0 saturated carbocycles. The molecule has 0 radical (unpaired) electrons. The lowest BCUT2D eigenvalue weighted by molar-refractivity contribution is 0.158. The van der Waals surface area contributed by atoms with Gasteiger partial charge in [0.05, 0.1) is 25.3 Å². The number of likely N-dealkylation sites (tertiary alicyclic amines) is 1. The Labute approximate surface area is 117 Å². The quantitative estimate of drug-likeness (QED) is 0.891. The Bertz CT molecular complexity index is 563. The van der Waals surface area contributed by atoms with Gasteiger partial charge in [-0.2, -0.15) is 10.1 Å². The summed E-state index contributed by atoms with van der Waals surface area (Å²) in [5.41, 5.74) is 6.68. The fourth-order valence-corrected chi connectivity index (χ4v) is 2.66. The number of hydrogen-bond acceptors (Lipinski definition) is 6. The van der Waals surface area contributed by atoms with Crippen molar-refractivity contribution in [2.75, 3.05) is 13.1 Å². The predicted molar refractivity (Wildman–Crippen MR) is 72.7 cm³/mol. The summed E-state index contributed by atoms with van der Waals surface area (Å²) in [6.45, 7) is 5.09. The highest BCUT2D eigenvalue weighted by Crippen LogP contribution is 2.22. The van der Waals surface area contributed by atoms with Gasteiger partial charge in [0.25, 0.3) is 0 Å². The molecule has 108 valence electrons. The molecule has 1 aliphatic heterocycles. The molecule has 1 saturated heterocycles. The lowest BCUT2D eigenvalue weighted by atomic mass is 10.1. The highest BCUT2D eigenvalue weighted by atomic mass is 16.5. The van der Waals surface area contributed by atoms with E-state index in [4.69, 9.17) is 10.3 Å². The van der Waals surface area contributed by atoms with E-state index >= 15 is 0 Å². The monoisotopic (exact) mass is 276 g/mol. The van der Waals surface area contributed by atoms with Crippen LogP contribution in [-0.4, -0.2) is 37.9 Å². The average Bonchev–Trinajstić information content (AvgIpc) is 3.08. The van der Waals surface area contributed by atoms with Crippen LogP contribution >= 0.6 is 0 Å². The molecular formula is C13H20N6O. The van der Waals surface area contributed by atoms with Crippen molar-refractivity contribution in [2.24, 2.45) is 5.73 Å². The Balaban J connectivity index is 1.63. The van der Waals surface area contributed by atoms with Gasteiger partial charge >= 0.3 is 0 Å². The number of hydrogen-bond donors (Lipinski definition) is 1. The minimum absolute atomic E-state index is 0.294. The zero-order valence-corrected chi connectivity index (χ0v) is 11.7. The van der Waals surface area contributed by atoms with Crippen LogP contribution in [0.5, 0.6) is 0 Å². The maximum absolute atomic E-state index is 5.48. The first-order valence-corrected chi connectivity index (χ1v) is 6.99. The molecule has 1 aliphatic rings. The summed E-state index contributed by atoms with van der Waals surface area (Å²) in [6.07, 6.45) is 6.34. The first-order valence-electron chi connectivity index (χ1n) is 6.99. The second-order valence-corrected chi connectivity index (χ2v) is 5.34. The van der Waals surface area contributed by atoms with Crippen molar-refractivity contribution in [3.8, 4) is 0 Å². The van der Waals surface area contributed by atoms with Crippen molar-refractivity contribution in [1.29, 1.82) is 0 Å². The van der Waals surface area contributed by atoms with E-state index in [1.54, 1.807) is 0 Å². The summed E-state index contributed by atoms with van der Waals surface area (Å²) in [7, 11) is 0. The standard InChI is InChI=1S/C13H20N6O/c1-10-6-15-19(7-10)11-3-2-4-18(8-11)9-12-16-13(5-14)20-17-12/h6-7,11H,2-5,8-9,14H2,1H3. The smallest absolute Gasteiger partial charge is 0.240 e. The molecule has 3 heterocycles. The van der Waals surface area contributed by atoms with E-state index in [0.29, 0.717) is 30.8 Å². The van der Waals surface area contributed by atoms with Crippen molar-refractivity contribution in [1.82, 2.24) is 24.8 Å². The highest BCUT2D eigenvalue weighted by molar-refractivity contribution is 5.01. The number of nitrogens with two attached hydrogens (primary N) is 1. The molecule has 1 fully saturated rings. The third-order valence-corrected chi connectivity index (χ3v) is 3.64. The maximum atomic E-state index is 5.48. The minimum Gasteiger partial charge on any atom is -0.338 e. The van der Waals surface area contributed by atoms with Crippen molar-refractivity contribution in [2.45, 2.75) is 38.9 Å². The molecule has 0 bridgehead atoms. The van der Waals surface area contributed by atoms with Crippen molar-refractivity contribution in [3.05, 3.63) is 29.7 Å². The Hall–Kier alpha value is -1.73. The lowest BCUT2D eigenvalue weighted by Gasteiger charge is -2.31. The highest BCUT2D eigenvalue weighted by Gasteiger charge is 2.23. The largest absolute Gasteiger partial charge is 0.338 e. The molecule has 0 aliphatic carbocycles. The lowest BCUT2D eigenvalue weighted by Crippen LogP contribution is -2.36. The zero-order chi connectivity index (χ0) is 13.9. The summed E-state index contributed by atoms with van der Waals surface area (Å²) in [4.78, 5) is 6.60. The molecule has 1 unspecified atom stereocenters. The van der Waals surface area contributed by atoms with Crippen LogP contribution in [0.4, 0.5) is 0 Å². The van der Waals surface area contributed by atoms with Gasteiger partial charge in [-0.3, -0.25) is 9.58 Å². The zero-order valence-electron chi connectivity index (χ0n) is 11.7. The Kier molecular flexibility index (Phi) is 3.79. The van der Waals surface area contributed by atoms with Gasteiger partial charge in [-0.15, -0.1) is 0 Å². The number of aromatic nitrogens is 4. The van der Waals surface area contributed by atoms with Gasteiger partial charge in [0.15, 0.2) is 5.82 Å². The molecule has 2 N–H and O–H groups in total. The molecule has 0 aromatic carbocycles. The van der Waals surface area contributed by atoms with Crippen LogP contribution in [-0.2, 0) is 13.1 Å². The molecule has 2 aromatic rings. The number of aryl methyl sites for hydroxylation is 1. The van der Waals surface area contributed by atoms with E-state index in [1.165, 1.54) is 5.56 Å². The van der Waals surface area contributed by atoms with Crippen molar-refractivity contribution >= 4 is 0 Å². The van der Waals surface area contributed by atoms with Crippen molar-refractivity contribution < 1.29 is 4.52 Å². The van der Waals surface area contributed by atoms with Crippen LogP contribution in [0.25, 0.3) is 0 Å². The number of piperidine rings is 1. The molecular weight excluding hydrogens is 256 g/mol. The molecule has 7 nitrogen and oxygen atoms in total. The topological polar surface area (TPSA) is 86.0 Å². The van der Waals surface area contributed by atoms with E-state index in [9.17, 15) is 0 Å². The average molecular weight is 276 g/mol. The SMILES string of the molecule is Cc1cnn(C2CCCN(Cc3noc(CN)n3)C2)c1. The Morgan fingerprint density at radius 1 is 1.50 bits per heavy atom. The van der Waals surface area contributed by atoms with E-state index in [1.807, 2.05) is 6.20 Å². The van der Waals surface area contributed by atoms with Gasteiger partial charge in [-0.1, -0.05) is 5.16 Å². The number of nitrogens with zero attached hydrogens (tertiary/aromatic N) is 5. The van der Waals surface area contributed by atoms with E-state index in [0.717, 1.165) is 25.9 Å². The Morgan fingerprint density at radius 2 is 2.40 bits per heavy atom. The summed E-state index contributed by atoms with van der Waals surface area (Å²) in [5, 5.41) is 8.37. The minimum atomic E-state index is 0.294. The maximum Gasteiger partial charge on any atom is 0.240 e. The van der Waals surface area contributed by atoms with Crippen LogP contribution in [0.1, 0.15) is 36.2 Å². The number of rotatable bonds is 4. The van der Waals surface area contributed by atoms with Gasteiger partial charge in [-0.05, 0) is 31.9 Å². The van der Waals surface area contributed by atoms with Gasteiger partial charge < -0.3 is 10.3 Å². The third-order valence-electron chi connectivity index (χ3n) is 3.64. The van der Waals surface area contributed by atoms with Crippen LogP contribution in [0.15, 0.2) is 16.9 Å². The fourth-order valence-electron chi connectivity index (χ4n) is 2.66. The fraction of sp³-hybridized carbons (Fsp3) is 0.615. The third kappa shape index (κ3) is 2.88. The van der Waals surface area contributed by atoms with E-state index in [-0.39, 0.29) is 0 Å². The summed E-state index contributed by atoms with van der Waals surface area (Å²) >= 11 is 0. The van der Waals surface area contributed by atoms with Crippen molar-refractivity contribution in [3.63, 3.8) is 0 Å². The Morgan fingerprint density at radius 3 is 3.10 bits per heavy atom. The van der Waals surface area contributed by atoms with E-state index < -0.39 is 0 Å². The van der Waals surface area contributed by atoms with Gasteiger partial charge in [0, 0.05) is 12.7 Å². The second-order valence-electron chi connectivity index (χ2n) is 5.34. The van der Waals surface area contributed by atoms with Crippen LogP contribution < -0.4 is 5.73 Å². The molecule has 20 heavy (non-hydrogen) atoms. The molecule has 0 spiro atoms. The molecule has 2 aromatic heterocycles. The molecule has 3 rings (SSSR count).